The largest absolute Gasteiger partial charge is 0.481 e. The van der Waals surface area contributed by atoms with Gasteiger partial charge in [0.25, 0.3) is 0 Å². The predicted octanol–water partition coefficient (Wildman–Crippen LogP) is 7.30. The average Bonchev–Trinajstić information content (AvgIpc) is 3.00. The molecule has 0 bridgehead atoms. The molecule has 0 amide bonds. The summed E-state index contributed by atoms with van der Waals surface area (Å²) < 4.78 is 13.7. The molecular formula is C38H49FN4O2. The number of rotatable bonds is 8. The summed E-state index contributed by atoms with van der Waals surface area (Å²) >= 11 is 0. The minimum Gasteiger partial charge on any atom is -0.481 e. The fraction of sp³-hybridized carbons (Fsp3) is 0.526. The number of carboxylic acid groups (broad SMARTS) is 1. The minimum absolute atomic E-state index is 0.0201. The number of hydrogen-bond acceptors (Lipinski definition) is 5. The van der Waals surface area contributed by atoms with Crippen LogP contribution >= 0.6 is 0 Å². The lowest BCUT2D eigenvalue weighted by atomic mass is 9.81. The Morgan fingerprint density at radius 1 is 0.911 bits per heavy atom. The number of benzene rings is 2. The molecule has 6 rings (SSSR count). The number of carbonyl (C=O) groups is 1. The Bertz CT molecular complexity index is 1550. The van der Waals surface area contributed by atoms with Gasteiger partial charge in [-0.1, -0.05) is 44.5 Å². The van der Waals surface area contributed by atoms with Crippen LogP contribution in [0, 0.1) is 25.1 Å². The molecule has 1 aromatic heterocycles. The summed E-state index contributed by atoms with van der Waals surface area (Å²) in [7, 11) is 0. The predicted molar refractivity (Wildman–Crippen MR) is 179 cm³/mol. The highest BCUT2D eigenvalue weighted by atomic mass is 19.1. The van der Waals surface area contributed by atoms with E-state index in [1.807, 2.05) is 19.9 Å². The number of aryl methyl sites for hydroxylation is 2. The first kappa shape index (κ1) is 31.7. The zero-order chi connectivity index (χ0) is 31.7. The first-order valence-electron chi connectivity index (χ1n) is 16.9. The topological polar surface area (TPSA) is 59.9 Å². The van der Waals surface area contributed by atoms with E-state index in [4.69, 9.17) is 4.98 Å². The van der Waals surface area contributed by atoms with Crippen molar-refractivity contribution in [2.75, 3.05) is 37.6 Å². The van der Waals surface area contributed by atoms with Crippen LogP contribution in [0.25, 0.3) is 11.1 Å². The van der Waals surface area contributed by atoms with E-state index in [2.05, 4.69) is 46.7 Å². The summed E-state index contributed by atoms with van der Waals surface area (Å²) in [5.74, 6) is -0.993. The zero-order valence-corrected chi connectivity index (χ0v) is 27.6. The van der Waals surface area contributed by atoms with Crippen molar-refractivity contribution in [3.8, 4) is 11.1 Å². The number of anilines is 1. The molecule has 3 aliphatic heterocycles. The van der Waals surface area contributed by atoms with E-state index < -0.39 is 5.97 Å². The number of pyridine rings is 1. The molecule has 1 N–H and O–H groups in total. The summed E-state index contributed by atoms with van der Waals surface area (Å²) in [5, 5.41) is 10.0. The van der Waals surface area contributed by atoms with Crippen molar-refractivity contribution in [1.29, 1.82) is 0 Å². The van der Waals surface area contributed by atoms with Crippen molar-refractivity contribution in [2.24, 2.45) is 5.41 Å². The molecule has 7 heteroatoms. The monoisotopic (exact) mass is 612 g/mol. The Kier molecular flexibility index (Phi) is 9.30. The van der Waals surface area contributed by atoms with Crippen LogP contribution in [-0.2, 0) is 37.3 Å². The molecule has 6 nitrogen and oxygen atoms in total. The average molecular weight is 613 g/mol. The van der Waals surface area contributed by atoms with E-state index in [0.717, 1.165) is 111 Å². The second-order valence-electron chi connectivity index (χ2n) is 14.4. The Morgan fingerprint density at radius 2 is 1.67 bits per heavy atom. The van der Waals surface area contributed by atoms with E-state index in [-0.39, 0.29) is 17.7 Å². The van der Waals surface area contributed by atoms with Gasteiger partial charge >= 0.3 is 5.97 Å². The highest BCUT2D eigenvalue weighted by molar-refractivity contribution is 5.87. The van der Waals surface area contributed by atoms with Gasteiger partial charge in [-0.25, -0.2) is 4.39 Å². The van der Waals surface area contributed by atoms with Gasteiger partial charge in [-0.2, -0.15) is 0 Å². The number of aliphatic carboxylic acids is 1. The Morgan fingerprint density at radius 3 is 2.38 bits per heavy atom. The lowest BCUT2D eigenvalue weighted by Gasteiger charge is -2.40. The van der Waals surface area contributed by atoms with Gasteiger partial charge in [0.15, 0.2) is 0 Å². The van der Waals surface area contributed by atoms with Crippen LogP contribution in [0.5, 0.6) is 0 Å². The number of nitrogens with zero attached hydrogens (tertiary/aromatic N) is 4. The van der Waals surface area contributed by atoms with Gasteiger partial charge in [-0.3, -0.25) is 19.6 Å². The summed E-state index contributed by atoms with van der Waals surface area (Å²) in [6.07, 6.45) is 6.79. The van der Waals surface area contributed by atoms with Crippen LogP contribution in [0.15, 0.2) is 36.4 Å². The first-order chi connectivity index (χ1) is 21.6. The van der Waals surface area contributed by atoms with Gasteiger partial charge < -0.3 is 10.0 Å². The van der Waals surface area contributed by atoms with Crippen molar-refractivity contribution < 1.29 is 14.3 Å². The van der Waals surface area contributed by atoms with Crippen LogP contribution in [0.3, 0.4) is 0 Å². The van der Waals surface area contributed by atoms with Crippen molar-refractivity contribution in [3.63, 3.8) is 0 Å². The number of aromatic nitrogens is 1. The van der Waals surface area contributed by atoms with Gasteiger partial charge in [-0.15, -0.1) is 0 Å². The normalized spacial score (nSPS) is 19.0. The SMILES string of the molecule is Cc1cc(F)ccc1CN1CCc2cc(-c3c(CN4CCCCC4)nc(C)c(CC(=O)O)c3N3CCC(C)(C)CC3)ccc2C1. The lowest BCUT2D eigenvalue weighted by molar-refractivity contribution is -0.136. The van der Waals surface area contributed by atoms with Crippen LogP contribution in [0.2, 0.25) is 0 Å². The molecule has 2 saturated heterocycles. The second kappa shape index (κ2) is 13.2. The molecule has 4 heterocycles. The molecule has 3 aromatic rings. The van der Waals surface area contributed by atoms with Gasteiger partial charge in [0.1, 0.15) is 5.82 Å². The Labute approximate surface area is 268 Å². The van der Waals surface area contributed by atoms with E-state index in [1.165, 1.54) is 36.0 Å². The maximum absolute atomic E-state index is 13.7. The number of likely N-dealkylation sites (tertiary alicyclic amines) is 1. The molecule has 45 heavy (non-hydrogen) atoms. The van der Waals surface area contributed by atoms with Crippen LogP contribution < -0.4 is 4.90 Å². The van der Waals surface area contributed by atoms with Gasteiger partial charge in [0.2, 0.25) is 0 Å². The number of halogens is 1. The molecule has 0 saturated carbocycles. The zero-order valence-electron chi connectivity index (χ0n) is 27.6. The van der Waals surface area contributed by atoms with Crippen molar-refractivity contribution in [3.05, 3.63) is 81.4 Å². The second-order valence-corrected chi connectivity index (χ2v) is 14.4. The van der Waals surface area contributed by atoms with E-state index in [9.17, 15) is 14.3 Å². The number of hydrogen-bond donors (Lipinski definition) is 1. The third-order valence-electron chi connectivity index (χ3n) is 10.4. The molecule has 240 valence electrons. The Balaban J connectivity index is 1.39. The van der Waals surface area contributed by atoms with Gasteiger partial charge in [0, 0.05) is 56.1 Å². The highest BCUT2D eigenvalue weighted by Crippen LogP contribution is 2.43. The molecule has 0 radical (unpaired) electrons. The summed E-state index contributed by atoms with van der Waals surface area (Å²) in [5.41, 5.74) is 11.3. The van der Waals surface area contributed by atoms with Crippen molar-refractivity contribution in [1.82, 2.24) is 14.8 Å². The van der Waals surface area contributed by atoms with E-state index >= 15 is 0 Å². The third kappa shape index (κ3) is 7.25. The molecule has 0 spiro atoms. The Hall–Kier alpha value is -3.29. The van der Waals surface area contributed by atoms with Crippen LogP contribution in [0.1, 0.15) is 85.2 Å². The van der Waals surface area contributed by atoms with E-state index in [0.29, 0.717) is 0 Å². The maximum Gasteiger partial charge on any atom is 0.307 e. The quantitative estimate of drug-likeness (QED) is 0.288. The fourth-order valence-electron chi connectivity index (χ4n) is 7.56. The summed E-state index contributed by atoms with van der Waals surface area (Å²) in [4.78, 5) is 24.9. The molecule has 0 atom stereocenters. The highest BCUT2D eigenvalue weighted by Gasteiger charge is 2.32. The smallest absolute Gasteiger partial charge is 0.307 e. The third-order valence-corrected chi connectivity index (χ3v) is 10.4. The molecule has 3 aliphatic rings. The summed E-state index contributed by atoms with van der Waals surface area (Å²) in [6.45, 7) is 16.1. The summed E-state index contributed by atoms with van der Waals surface area (Å²) in [6, 6.07) is 12.0. The fourth-order valence-corrected chi connectivity index (χ4v) is 7.56. The molecule has 0 aliphatic carbocycles. The maximum atomic E-state index is 13.7. The first-order valence-corrected chi connectivity index (χ1v) is 16.9. The molecule has 2 aromatic carbocycles. The number of carboxylic acids is 1. The number of piperidine rings is 2. The molecular weight excluding hydrogens is 563 g/mol. The standard InChI is InChI=1S/C38H49FN4O2/c1-26-20-32(39)11-10-30(26)23-42-17-12-28-21-29(8-9-31(28)24-42)36-34(25-41-15-6-5-7-16-41)40-27(2)33(22-35(44)45)37(36)43-18-13-38(3,4)14-19-43/h8-11,20-21H,5-7,12-19,22-25H2,1-4H3,(H,44,45). The van der Waals surface area contributed by atoms with E-state index in [1.54, 1.807) is 12.1 Å². The minimum atomic E-state index is -0.810. The molecule has 2 fully saturated rings. The molecule has 0 unspecified atom stereocenters. The van der Waals surface area contributed by atoms with Crippen molar-refractivity contribution >= 4 is 11.7 Å². The lowest BCUT2D eigenvalue weighted by Crippen LogP contribution is -2.39. The van der Waals surface area contributed by atoms with Crippen LogP contribution in [-0.4, -0.2) is 58.6 Å². The number of fused-ring (bicyclic) bond motifs is 1. The van der Waals surface area contributed by atoms with Crippen LogP contribution in [0.4, 0.5) is 10.1 Å². The van der Waals surface area contributed by atoms with Crippen molar-refractivity contribution in [2.45, 2.75) is 92.3 Å². The van der Waals surface area contributed by atoms with Gasteiger partial charge in [0.05, 0.1) is 17.8 Å². The van der Waals surface area contributed by atoms with Gasteiger partial charge in [-0.05, 0) is 104 Å².